The van der Waals surface area contributed by atoms with Crippen LogP contribution in [0.2, 0.25) is 0 Å². The Morgan fingerprint density at radius 3 is 2.62 bits per heavy atom. The molecule has 2 unspecified atom stereocenters. The van der Waals surface area contributed by atoms with E-state index in [0.717, 1.165) is 44.7 Å². The maximum Gasteiger partial charge on any atom is 0.318 e. The maximum absolute atomic E-state index is 12.6. The van der Waals surface area contributed by atoms with Crippen LogP contribution in [0, 0.1) is 0 Å². The molecule has 1 aromatic rings. The topological polar surface area (TPSA) is 54.0 Å². The standard InChI is InChI=1S/C18H25N3O3/c22-18(21-16-4-5-17(21)13-24-12-16)19-11-14-2-1-3-15(10-14)20-6-8-23-9-7-20/h1-3,10,16-17H,4-9,11-13H2,(H,19,22). The van der Waals surface area contributed by atoms with Crippen molar-refractivity contribution in [2.75, 3.05) is 44.4 Å². The summed E-state index contributed by atoms with van der Waals surface area (Å²) < 4.78 is 11.0. The second-order valence-electron chi connectivity index (χ2n) is 6.76. The summed E-state index contributed by atoms with van der Waals surface area (Å²) in [5.74, 6) is 0. The van der Waals surface area contributed by atoms with E-state index >= 15 is 0 Å². The van der Waals surface area contributed by atoms with Crippen LogP contribution in [0.5, 0.6) is 0 Å². The van der Waals surface area contributed by atoms with Gasteiger partial charge in [0.15, 0.2) is 0 Å². The average molecular weight is 331 g/mol. The summed E-state index contributed by atoms with van der Waals surface area (Å²) >= 11 is 0. The summed E-state index contributed by atoms with van der Waals surface area (Å²) in [7, 11) is 0. The van der Waals surface area contributed by atoms with Crippen LogP contribution in [-0.4, -0.2) is 62.5 Å². The number of urea groups is 1. The van der Waals surface area contributed by atoms with Gasteiger partial charge in [-0.2, -0.15) is 0 Å². The highest BCUT2D eigenvalue weighted by molar-refractivity contribution is 5.75. The second-order valence-corrected chi connectivity index (χ2v) is 6.76. The average Bonchev–Trinajstić information content (AvgIpc) is 2.89. The van der Waals surface area contributed by atoms with Gasteiger partial charge in [-0.1, -0.05) is 12.1 Å². The molecule has 2 amide bonds. The van der Waals surface area contributed by atoms with Gasteiger partial charge in [0.2, 0.25) is 0 Å². The first-order valence-corrected chi connectivity index (χ1v) is 8.87. The Hall–Kier alpha value is -1.79. The molecule has 1 aromatic carbocycles. The number of nitrogens with zero attached hydrogens (tertiary/aromatic N) is 2. The molecular formula is C18H25N3O3. The summed E-state index contributed by atoms with van der Waals surface area (Å²) in [6, 6.07) is 8.97. The Morgan fingerprint density at radius 1 is 1.12 bits per heavy atom. The number of anilines is 1. The van der Waals surface area contributed by atoms with E-state index in [2.05, 4.69) is 34.5 Å². The van der Waals surface area contributed by atoms with Crippen molar-refractivity contribution in [1.29, 1.82) is 0 Å². The summed E-state index contributed by atoms with van der Waals surface area (Å²) in [6.45, 7) is 5.32. The first-order chi connectivity index (χ1) is 11.8. The van der Waals surface area contributed by atoms with Gasteiger partial charge < -0.3 is 24.6 Å². The molecule has 1 N–H and O–H groups in total. The molecule has 3 fully saturated rings. The lowest BCUT2D eigenvalue weighted by molar-refractivity contribution is 0.00631. The number of carbonyl (C=O) groups excluding carboxylic acids is 1. The predicted octanol–water partition coefficient (Wildman–Crippen LogP) is 1.60. The second kappa shape index (κ2) is 6.99. The molecule has 24 heavy (non-hydrogen) atoms. The van der Waals surface area contributed by atoms with E-state index in [4.69, 9.17) is 9.47 Å². The lowest BCUT2D eigenvalue weighted by Crippen LogP contribution is -2.52. The Kier molecular flexibility index (Phi) is 4.58. The van der Waals surface area contributed by atoms with Gasteiger partial charge in [-0.25, -0.2) is 4.79 Å². The zero-order valence-electron chi connectivity index (χ0n) is 13.9. The SMILES string of the molecule is O=C(NCc1cccc(N2CCOCC2)c1)N1C2CCC1COC2. The molecule has 6 heteroatoms. The van der Waals surface area contributed by atoms with Crippen LogP contribution in [0.15, 0.2) is 24.3 Å². The number of carbonyl (C=O) groups is 1. The quantitative estimate of drug-likeness (QED) is 0.914. The summed E-state index contributed by atoms with van der Waals surface area (Å²) in [6.07, 6.45) is 2.12. The van der Waals surface area contributed by atoms with Crippen LogP contribution in [0.3, 0.4) is 0 Å². The molecule has 0 aliphatic carbocycles. The van der Waals surface area contributed by atoms with Crippen molar-refractivity contribution in [3.63, 3.8) is 0 Å². The molecule has 0 spiro atoms. The minimum atomic E-state index is 0.0441. The van der Waals surface area contributed by atoms with Crippen LogP contribution >= 0.6 is 0 Å². The van der Waals surface area contributed by atoms with E-state index in [9.17, 15) is 4.79 Å². The summed E-state index contributed by atoms with van der Waals surface area (Å²) in [5.41, 5.74) is 2.34. The molecule has 3 heterocycles. The van der Waals surface area contributed by atoms with Gasteiger partial charge in [-0.05, 0) is 30.5 Å². The van der Waals surface area contributed by atoms with Gasteiger partial charge in [0.25, 0.3) is 0 Å². The number of rotatable bonds is 3. The minimum Gasteiger partial charge on any atom is -0.378 e. The van der Waals surface area contributed by atoms with E-state index in [1.807, 2.05) is 4.90 Å². The molecule has 0 saturated carbocycles. The highest BCUT2D eigenvalue weighted by Gasteiger charge is 2.40. The molecule has 3 aliphatic heterocycles. The Labute approximate surface area is 142 Å². The fourth-order valence-corrected chi connectivity index (χ4v) is 3.91. The van der Waals surface area contributed by atoms with Gasteiger partial charge in [-0.3, -0.25) is 0 Å². The Balaban J connectivity index is 1.36. The van der Waals surface area contributed by atoms with Gasteiger partial charge >= 0.3 is 6.03 Å². The molecule has 0 radical (unpaired) electrons. The van der Waals surface area contributed by atoms with Crippen molar-refractivity contribution in [1.82, 2.24) is 10.2 Å². The van der Waals surface area contributed by atoms with E-state index in [1.165, 1.54) is 5.69 Å². The fourth-order valence-electron chi connectivity index (χ4n) is 3.91. The number of hydrogen-bond acceptors (Lipinski definition) is 4. The Morgan fingerprint density at radius 2 is 1.88 bits per heavy atom. The molecular weight excluding hydrogens is 306 g/mol. The van der Waals surface area contributed by atoms with E-state index in [0.29, 0.717) is 19.8 Å². The Bertz CT molecular complexity index is 573. The summed E-state index contributed by atoms with van der Waals surface area (Å²) in [4.78, 5) is 16.9. The number of nitrogens with one attached hydrogen (secondary N) is 1. The lowest BCUT2D eigenvalue weighted by atomic mass is 10.1. The van der Waals surface area contributed by atoms with Crippen molar-refractivity contribution in [3.05, 3.63) is 29.8 Å². The fraction of sp³-hybridized carbons (Fsp3) is 0.611. The van der Waals surface area contributed by atoms with Crippen molar-refractivity contribution in [2.45, 2.75) is 31.5 Å². The molecule has 2 bridgehead atoms. The first kappa shape index (κ1) is 15.7. The van der Waals surface area contributed by atoms with Crippen molar-refractivity contribution in [3.8, 4) is 0 Å². The third-order valence-electron chi connectivity index (χ3n) is 5.21. The van der Waals surface area contributed by atoms with Crippen LogP contribution in [0.4, 0.5) is 10.5 Å². The number of hydrogen-bond donors (Lipinski definition) is 1. The van der Waals surface area contributed by atoms with Crippen LogP contribution in [-0.2, 0) is 16.0 Å². The number of fused-ring (bicyclic) bond motifs is 2. The lowest BCUT2D eigenvalue weighted by Gasteiger charge is -2.34. The van der Waals surface area contributed by atoms with Crippen molar-refractivity contribution in [2.24, 2.45) is 0 Å². The largest absolute Gasteiger partial charge is 0.378 e. The smallest absolute Gasteiger partial charge is 0.318 e. The van der Waals surface area contributed by atoms with Crippen LogP contribution in [0.1, 0.15) is 18.4 Å². The molecule has 3 saturated heterocycles. The number of benzene rings is 1. The van der Waals surface area contributed by atoms with Crippen molar-refractivity contribution < 1.29 is 14.3 Å². The van der Waals surface area contributed by atoms with Crippen LogP contribution < -0.4 is 10.2 Å². The zero-order chi connectivity index (χ0) is 16.4. The van der Waals surface area contributed by atoms with Gasteiger partial charge in [-0.15, -0.1) is 0 Å². The van der Waals surface area contributed by atoms with E-state index < -0.39 is 0 Å². The number of ether oxygens (including phenoxy) is 2. The third kappa shape index (κ3) is 3.21. The monoisotopic (exact) mass is 331 g/mol. The normalized spacial score (nSPS) is 26.5. The maximum atomic E-state index is 12.6. The third-order valence-corrected chi connectivity index (χ3v) is 5.21. The number of amides is 2. The molecule has 4 rings (SSSR count). The summed E-state index contributed by atoms with van der Waals surface area (Å²) in [5, 5.41) is 3.09. The molecule has 130 valence electrons. The van der Waals surface area contributed by atoms with Gasteiger partial charge in [0, 0.05) is 25.3 Å². The van der Waals surface area contributed by atoms with E-state index in [1.54, 1.807) is 0 Å². The highest BCUT2D eigenvalue weighted by atomic mass is 16.5. The molecule has 6 nitrogen and oxygen atoms in total. The predicted molar refractivity (Wildman–Crippen MR) is 91.2 cm³/mol. The van der Waals surface area contributed by atoms with E-state index in [-0.39, 0.29) is 18.1 Å². The minimum absolute atomic E-state index is 0.0441. The molecule has 3 aliphatic rings. The molecule has 0 aromatic heterocycles. The van der Waals surface area contributed by atoms with Crippen molar-refractivity contribution >= 4 is 11.7 Å². The highest BCUT2D eigenvalue weighted by Crippen LogP contribution is 2.28. The van der Waals surface area contributed by atoms with Gasteiger partial charge in [0.1, 0.15) is 0 Å². The first-order valence-electron chi connectivity index (χ1n) is 8.87. The number of morpholine rings is 2. The van der Waals surface area contributed by atoms with Gasteiger partial charge in [0.05, 0.1) is 38.5 Å². The van der Waals surface area contributed by atoms with Crippen LogP contribution in [0.25, 0.3) is 0 Å². The molecule has 2 atom stereocenters. The zero-order valence-corrected chi connectivity index (χ0v) is 13.9.